The van der Waals surface area contributed by atoms with Crippen LogP contribution in [0.25, 0.3) is 0 Å². The quantitative estimate of drug-likeness (QED) is 0.915. The molecule has 4 heteroatoms. The van der Waals surface area contributed by atoms with Gasteiger partial charge in [0.05, 0.1) is 12.8 Å². The monoisotopic (exact) mass is 299 g/mol. The molecule has 1 amide bonds. The Morgan fingerprint density at radius 1 is 1.09 bits per heavy atom. The molecule has 4 nitrogen and oxygen atoms in total. The molecule has 0 unspecified atom stereocenters. The highest BCUT2D eigenvalue weighted by Gasteiger charge is 2.16. The minimum Gasteiger partial charge on any atom is -0.495 e. The first-order valence-corrected chi connectivity index (χ1v) is 7.18. The Morgan fingerprint density at radius 3 is 2.36 bits per heavy atom. The van der Waals surface area contributed by atoms with Gasteiger partial charge in [0, 0.05) is 0 Å². The van der Waals surface area contributed by atoms with Gasteiger partial charge in [0.1, 0.15) is 11.5 Å². The van der Waals surface area contributed by atoms with Crippen LogP contribution >= 0.6 is 0 Å². The Bertz CT molecular complexity index is 647. The maximum atomic E-state index is 12.3. The first kappa shape index (κ1) is 15.9. The molecule has 0 fully saturated rings. The van der Waals surface area contributed by atoms with E-state index in [1.54, 1.807) is 26.2 Å². The van der Waals surface area contributed by atoms with Gasteiger partial charge < -0.3 is 14.8 Å². The van der Waals surface area contributed by atoms with Crippen LogP contribution in [0.15, 0.2) is 42.5 Å². The highest BCUT2D eigenvalue weighted by Crippen LogP contribution is 2.24. The normalized spacial score (nSPS) is 11.6. The number of hydrogen-bond donors (Lipinski definition) is 1. The Balaban J connectivity index is 2.06. The molecule has 0 aromatic heterocycles. The van der Waals surface area contributed by atoms with Crippen LogP contribution in [-0.2, 0) is 4.79 Å². The number of carbonyl (C=O) groups is 1. The second-order valence-electron chi connectivity index (χ2n) is 5.27. The molecule has 0 heterocycles. The molecule has 2 aromatic carbocycles. The number of nitrogens with one attached hydrogen (secondary N) is 1. The molecule has 0 saturated carbocycles. The van der Waals surface area contributed by atoms with Crippen LogP contribution in [-0.4, -0.2) is 19.1 Å². The summed E-state index contributed by atoms with van der Waals surface area (Å²) in [5.74, 6) is 1.10. The van der Waals surface area contributed by atoms with Crippen molar-refractivity contribution in [3.05, 3.63) is 53.6 Å². The summed E-state index contributed by atoms with van der Waals surface area (Å²) in [6.07, 6.45) is -0.605. The van der Waals surface area contributed by atoms with E-state index < -0.39 is 6.10 Å². The van der Waals surface area contributed by atoms with Gasteiger partial charge in [-0.3, -0.25) is 4.79 Å². The molecule has 0 spiro atoms. The highest BCUT2D eigenvalue weighted by atomic mass is 16.5. The largest absolute Gasteiger partial charge is 0.495 e. The number of hydrogen-bond acceptors (Lipinski definition) is 3. The summed E-state index contributed by atoms with van der Waals surface area (Å²) in [6, 6.07) is 13.2. The Kier molecular flexibility index (Phi) is 5.04. The van der Waals surface area contributed by atoms with E-state index in [1.165, 1.54) is 0 Å². The smallest absolute Gasteiger partial charge is 0.265 e. The zero-order chi connectivity index (χ0) is 16.1. The Labute approximate surface area is 131 Å². The number of amides is 1. The van der Waals surface area contributed by atoms with Crippen molar-refractivity contribution >= 4 is 11.6 Å². The van der Waals surface area contributed by atoms with E-state index >= 15 is 0 Å². The van der Waals surface area contributed by atoms with Crippen molar-refractivity contribution in [1.82, 2.24) is 0 Å². The maximum absolute atomic E-state index is 12.3. The number of methoxy groups -OCH3 is 1. The Hall–Kier alpha value is -2.49. The SMILES string of the molecule is COc1ccccc1NC(=O)[C@@H](C)Oc1cc(C)cc(C)c1. The van der Waals surface area contributed by atoms with E-state index in [0.717, 1.165) is 11.1 Å². The summed E-state index contributed by atoms with van der Waals surface area (Å²) >= 11 is 0. The van der Waals surface area contributed by atoms with Crippen LogP contribution in [0.4, 0.5) is 5.69 Å². The number of carbonyl (C=O) groups excluding carboxylic acids is 1. The minimum atomic E-state index is -0.605. The fourth-order valence-electron chi connectivity index (χ4n) is 2.24. The number of rotatable bonds is 5. The van der Waals surface area contributed by atoms with Crippen LogP contribution in [0.5, 0.6) is 11.5 Å². The highest BCUT2D eigenvalue weighted by molar-refractivity contribution is 5.95. The topological polar surface area (TPSA) is 47.6 Å². The van der Waals surface area contributed by atoms with Gasteiger partial charge in [0.15, 0.2) is 6.10 Å². The standard InChI is InChI=1S/C18H21NO3/c1-12-9-13(2)11-15(10-12)22-14(3)18(20)19-16-7-5-6-8-17(16)21-4/h5-11,14H,1-4H3,(H,19,20)/t14-/m1/s1. The van der Waals surface area contributed by atoms with Crippen LogP contribution < -0.4 is 14.8 Å². The minimum absolute atomic E-state index is 0.219. The van der Waals surface area contributed by atoms with Crippen molar-refractivity contribution < 1.29 is 14.3 Å². The van der Waals surface area contributed by atoms with Crippen molar-refractivity contribution in [3.8, 4) is 11.5 Å². The van der Waals surface area contributed by atoms with Crippen molar-refractivity contribution in [3.63, 3.8) is 0 Å². The lowest BCUT2D eigenvalue weighted by Crippen LogP contribution is -2.30. The number of aryl methyl sites for hydroxylation is 2. The third-order valence-electron chi connectivity index (χ3n) is 3.24. The number of benzene rings is 2. The number of ether oxygens (including phenoxy) is 2. The summed E-state index contributed by atoms with van der Waals surface area (Å²) in [5.41, 5.74) is 2.84. The number of para-hydroxylation sites is 2. The van der Waals surface area contributed by atoms with Gasteiger partial charge in [-0.05, 0) is 56.2 Å². The van der Waals surface area contributed by atoms with Crippen molar-refractivity contribution in [2.24, 2.45) is 0 Å². The second-order valence-corrected chi connectivity index (χ2v) is 5.27. The summed E-state index contributed by atoms with van der Waals surface area (Å²) in [5, 5.41) is 2.82. The lowest BCUT2D eigenvalue weighted by molar-refractivity contribution is -0.122. The number of anilines is 1. The van der Waals surface area contributed by atoms with E-state index in [2.05, 4.69) is 11.4 Å². The predicted octanol–water partition coefficient (Wildman–Crippen LogP) is 3.72. The first-order valence-electron chi connectivity index (χ1n) is 7.18. The summed E-state index contributed by atoms with van der Waals surface area (Å²) in [4.78, 5) is 12.3. The fraction of sp³-hybridized carbons (Fsp3) is 0.278. The van der Waals surface area contributed by atoms with Gasteiger partial charge in [-0.1, -0.05) is 18.2 Å². The molecule has 1 atom stereocenters. The molecule has 0 aliphatic heterocycles. The van der Waals surface area contributed by atoms with Crippen LogP contribution in [0.1, 0.15) is 18.1 Å². The van der Waals surface area contributed by atoms with Gasteiger partial charge in [-0.15, -0.1) is 0 Å². The zero-order valence-corrected chi connectivity index (χ0v) is 13.3. The summed E-state index contributed by atoms with van der Waals surface area (Å²) in [6.45, 7) is 5.72. The van der Waals surface area contributed by atoms with Gasteiger partial charge in [-0.2, -0.15) is 0 Å². The third kappa shape index (κ3) is 4.01. The molecule has 0 saturated heterocycles. The average Bonchev–Trinajstić information content (AvgIpc) is 2.46. The molecule has 0 aliphatic carbocycles. The molecule has 1 N–H and O–H groups in total. The average molecular weight is 299 g/mol. The van der Waals surface area contributed by atoms with Crippen molar-refractivity contribution in [2.75, 3.05) is 12.4 Å². The third-order valence-corrected chi connectivity index (χ3v) is 3.24. The summed E-state index contributed by atoms with van der Waals surface area (Å²) < 4.78 is 11.0. The summed E-state index contributed by atoms with van der Waals surface area (Å²) in [7, 11) is 1.57. The molecule has 116 valence electrons. The van der Waals surface area contributed by atoms with Crippen molar-refractivity contribution in [1.29, 1.82) is 0 Å². The molecule has 0 radical (unpaired) electrons. The van der Waals surface area contributed by atoms with E-state index in [-0.39, 0.29) is 5.91 Å². The van der Waals surface area contributed by atoms with Crippen LogP contribution in [0, 0.1) is 13.8 Å². The second kappa shape index (κ2) is 6.98. The first-order chi connectivity index (χ1) is 10.5. The molecule has 2 rings (SSSR count). The van der Waals surface area contributed by atoms with Crippen molar-refractivity contribution in [2.45, 2.75) is 26.9 Å². The molecule has 2 aromatic rings. The van der Waals surface area contributed by atoms with E-state index in [4.69, 9.17) is 9.47 Å². The zero-order valence-electron chi connectivity index (χ0n) is 13.3. The van der Waals surface area contributed by atoms with Gasteiger partial charge in [0.2, 0.25) is 0 Å². The maximum Gasteiger partial charge on any atom is 0.265 e. The van der Waals surface area contributed by atoms with Gasteiger partial charge in [0.25, 0.3) is 5.91 Å². The lowest BCUT2D eigenvalue weighted by Gasteiger charge is -2.16. The fourth-order valence-corrected chi connectivity index (χ4v) is 2.24. The molecule has 0 bridgehead atoms. The van der Waals surface area contributed by atoms with E-state index in [1.807, 2.05) is 38.1 Å². The molecule has 22 heavy (non-hydrogen) atoms. The molecular formula is C18H21NO3. The Morgan fingerprint density at radius 2 is 1.73 bits per heavy atom. The van der Waals surface area contributed by atoms with E-state index in [0.29, 0.717) is 17.2 Å². The van der Waals surface area contributed by atoms with Crippen LogP contribution in [0.3, 0.4) is 0 Å². The molecule has 0 aliphatic rings. The van der Waals surface area contributed by atoms with E-state index in [9.17, 15) is 4.79 Å². The van der Waals surface area contributed by atoms with Gasteiger partial charge in [-0.25, -0.2) is 0 Å². The van der Waals surface area contributed by atoms with Gasteiger partial charge >= 0.3 is 0 Å². The molecular weight excluding hydrogens is 278 g/mol. The lowest BCUT2D eigenvalue weighted by atomic mass is 10.1. The predicted molar refractivity (Wildman–Crippen MR) is 87.6 cm³/mol. The van der Waals surface area contributed by atoms with Crippen LogP contribution in [0.2, 0.25) is 0 Å².